The van der Waals surface area contributed by atoms with Crippen molar-refractivity contribution in [1.29, 1.82) is 0 Å². The lowest BCUT2D eigenvalue weighted by atomic mass is 10.0. The Balaban J connectivity index is 1.89. The predicted octanol–water partition coefficient (Wildman–Crippen LogP) is 4.04. The molecule has 1 aromatic heterocycles. The SMILES string of the molecule is CCC(=O)N1CCC(n2c(C)nc3ccc(C(C)C)cc32)CC1. The van der Waals surface area contributed by atoms with Crippen molar-refractivity contribution in [3.8, 4) is 0 Å². The molecule has 0 atom stereocenters. The summed E-state index contributed by atoms with van der Waals surface area (Å²) in [6, 6.07) is 7.07. The van der Waals surface area contributed by atoms with Gasteiger partial charge >= 0.3 is 0 Å². The number of imidazole rings is 1. The summed E-state index contributed by atoms with van der Waals surface area (Å²) in [5.74, 6) is 1.88. The number of hydrogen-bond acceptors (Lipinski definition) is 2. The second-order valence-electron chi connectivity index (χ2n) is 6.90. The van der Waals surface area contributed by atoms with Gasteiger partial charge in [0.15, 0.2) is 0 Å². The van der Waals surface area contributed by atoms with Gasteiger partial charge in [-0.25, -0.2) is 4.98 Å². The molecule has 0 saturated carbocycles. The van der Waals surface area contributed by atoms with E-state index in [1.54, 1.807) is 0 Å². The molecule has 4 heteroatoms. The zero-order chi connectivity index (χ0) is 16.6. The van der Waals surface area contributed by atoms with E-state index in [0.29, 0.717) is 18.4 Å². The highest BCUT2D eigenvalue weighted by Gasteiger charge is 2.25. The van der Waals surface area contributed by atoms with Gasteiger partial charge in [0.1, 0.15) is 5.82 Å². The van der Waals surface area contributed by atoms with E-state index in [-0.39, 0.29) is 5.91 Å². The van der Waals surface area contributed by atoms with Crippen LogP contribution in [0.15, 0.2) is 18.2 Å². The van der Waals surface area contributed by atoms with Crippen molar-refractivity contribution < 1.29 is 4.79 Å². The fraction of sp³-hybridized carbons (Fsp3) is 0.579. The van der Waals surface area contributed by atoms with Crippen molar-refractivity contribution in [3.63, 3.8) is 0 Å². The first-order valence-corrected chi connectivity index (χ1v) is 8.77. The standard InChI is InChI=1S/C19H27N3O/c1-5-19(23)21-10-8-16(9-11-21)22-14(4)20-17-7-6-15(13(2)3)12-18(17)22/h6-7,12-13,16H,5,8-11H2,1-4H3. The summed E-state index contributed by atoms with van der Waals surface area (Å²) < 4.78 is 2.40. The van der Waals surface area contributed by atoms with Gasteiger partial charge in [-0.2, -0.15) is 0 Å². The first-order chi connectivity index (χ1) is 11.0. The van der Waals surface area contributed by atoms with Crippen molar-refractivity contribution in [2.45, 2.75) is 58.9 Å². The highest BCUT2D eigenvalue weighted by atomic mass is 16.2. The van der Waals surface area contributed by atoms with Crippen molar-refractivity contribution in [2.24, 2.45) is 0 Å². The lowest BCUT2D eigenvalue weighted by Gasteiger charge is -2.33. The first kappa shape index (κ1) is 16.0. The van der Waals surface area contributed by atoms with Gasteiger partial charge in [-0.15, -0.1) is 0 Å². The average molecular weight is 313 g/mol. The quantitative estimate of drug-likeness (QED) is 0.857. The van der Waals surface area contributed by atoms with Crippen molar-refractivity contribution in [1.82, 2.24) is 14.5 Å². The lowest BCUT2D eigenvalue weighted by molar-refractivity contribution is -0.132. The lowest BCUT2D eigenvalue weighted by Crippen LogP contribution is -2.38. The van der Waals surface area contributed by atoms with Gasteiger partial charge in [0.25, 0.3) is 0 Å². The van der Waals surface area contributed by atoms with Gasteiger partial charge in [0.2, 0.25) is 5.91 Å². The summed E-state index contributed by atoms with van der Waals surface area (Å²) in [4.78, 5) is 18.6. The summed E-state index contributed by atoms with van der Waals surface area (Å²) in [5.41, 5.74) is 3.69. The Bertz CT molecular complexity index is 709. The fourth-order valence-electron chi connectivity index (χ4n) is 3.65. The monoisotopic (exact) mass is 313 g/mol. The number of fused-ring (bicyclic) bond motifs is 1. The fourth-order valence-corrected chi connectivity index (χ4v) is 3.65. The van der Waals surface area contributed by atoms with Crippen LogP contribution in [-0.4, -0.2) is 33.4 Å². The van der Waals surface area contributed by atoms with Gasteiger partial charge in [-0.05, 0) is 43.4 Å². The van der Waals surface area contributed by atoms with Crippen LogP contribution in [0, 0.1) is 6.92 Å². The Labute approximate surface area is 138 Å². The van der Waals surface area contributed by atoms with Crippen molar-refractivity contribution in [3.05, 3.63) is 29.6 Å². The zero-order valence-corrected chi connectivity index (χ0v) is 14.7. The smallest absolute Gasteiger partial charge is 0.222 e. The third-order valence-electron chi connectivity index (χ3n) is 5.04. The van der Waals surface area contributed by atoms with E-state index in [4.69, 9.17) is 4.98 Å². The molecule has 1 aliphatic heterocycles. The van der Waals surface area contributed by atoms with Gasteiger partial charge < -0.3 is 9.47 Å². The number of carbonyl (C=O) groups is 1. The third kappa shape index (κ3) is 2.99. The topological polar surface area (TPSA) is 38.1 Å². The summed E-state index contributed by atoms with van der Waals surface area (Å²) in [6.45, 7) is 10.2. The molecule has 0 bridgehead atoms. The van der Waals surface area contributed by atoms with Crippen LogP contribution in [-0.2, 0) is 4.79 Å². The van der Waals surface area contributed by atoms with Crippen LogP contribution in [0.2, 0.25) is 0 Å². The van der Waals surface area contributed by atoms with Crippen LogP contribution in [0.5, 0.6) is 0 Å². The first-order valence-electron chi connectivity index (χ1n) is 8.77. The van der Waals surface area contributed by atoms with Crippen LogP contribution in [0.25, 0.3) is 11.0 Å². The Morgan fingerprint density at radius 2 is 2.00 bits per heavy atom. The zero-order valence-electron chi connectivity index (χ0n) is 14.7. The van der Waals surface area contributed by atoms with Gasteiger partial charge in [-0.1, -0.05) is 26.8 Å². The largest absolute Gasteiger partial charge is 0.343 e. The molecule has 0 aliphatic carbocycles. The van der Waals surface area contributed by atoms with E-state index >= 15 is 0 Å². The molecule has 1 aromatic carbocycles. The van der Waals surface area contributed by atoms with Crippen LogP contribution in [0.4, 0.5) is 0 Å². The third-order valence-corrected chi connectivity index (χ3v) is 5.04. The normalized spacial score (nSPS) is 16.5. The number of carbonyl (C=O) groups excluding carboxylic acids is 1. The van der Waals surface area contributed by atoms with Crippen LogP contribution in [0.1, 0.15) is 63.4 Å². The van der Waals surface area contributed by atoms with Gasteiger partial charge in [-0.3, -0.25) is 4.79 Å². The Morgan fingerprint density at radius 1 is 1.30 bits per heavy atom. The Morgan fingerprint density at radius 3 is 2.61 bits per heavy atom. The molecule has 3 rings (SSSR count). The molecule has 0 radical (unpaired) electrons. The molecule has 1 aliphatic rings. The Kier molecular flexibility index (Phi) is 4.42. The number of likely N-dealkylation sites (tertiary alicyclic amines) is 1. The van der Waals surface area contributed by atoms with Crippen molar-refractivity contribution >= 4 is 16.9 Å². The maximum absolute atomic E-state index is 11.9. The predicted molar refractivity (Wildman–Crippen MR) is 93.7 cm³/mol. The van der Waals surface area contributed by atoms with E-state index in [1.165, 1.54) is 11.1 Å². The van der Waals surface area contributed by atoms with E-state index in [9.17, 15) is 4.79 Å². The molecule has 0 spiro atoms. The molecule has 23 heavy (non-hydrogen) atoms. The number of piperidine rings is 1. The number of aromatic nitrogens is 2. The summed E-state index contributed by atoms with van der Waals surface area (Å²) in [7, 11) is 0. The van der Waals surface area contributed by atoms with Crippen LogP contribution < -0.4 is 0 Å². The molecule has 124 valence electrons. The second-order valence-corrected chi connectivity index (χ2v) is 6.90. The summed E-state index contributed by atoms with van der Waals surface area (Å²) in [5, 5.41) is 0. The minimum absolute atomic E-state index is 0.276. The number of hydrogen-bond donors (Lipinski definition) is 0. The molecule has 1 fully saturated rings. The van der Waals surface area contributed by atoms with E-state index < -0.39 is 0 Å². The van der Waals surface area contributed by atoms with Gasteiger partial charge in [0, 0.05) is 25.6 Å². The number of benzene rings is 1. The minimum Gasteiger partial charge on any atom is -0.343 e. The molecule has 2 aromatic rings. The van der Waals surface area contributed by atoms with Crippen molar-refractivity contribution in [2.75, 3.05) is 13.1 Å². The molecule has 2 heterocycles. The van der Waals surface area contributed by atoms with E-state index in [0.717, 1.165) is 37.3 Å². The summed E-state index contributed by atoms with van der Waals surface area (Å²) >= 11 is 0. The molecular formula is C19H27N3O. The molecule has 1 amide bonds. The number of aryl methyl sites for hydroxylation is 1. The minimum atomic E-state index is 0.276. The second kappa shape index (κ2) is 6.34. The Hall–Kier alpha value is -1.84. The number of rotatable bonds is 3. The summed E-state index contributed by atoms with van der Waals surface area (Å²) in [6.07, 6.45) is 2.64. The highest BCUT2D eigenvalue weighted by Crippen LogP contribution is 2.30. The van der Waals surface area contributed by atoms with Crippen LogP contribution in [0.3, 0.4) is 0 Å². The molecule has 0 unspecified atom stereocenters. The molecule has 4 nitrogen and oxygen atoms in total. The van der Waals surface area contributed by atoms with E-state index in [2.05, 4.69) is 43.5 Å². The van der Waals surface area contributed by atoms with Gasteiger partial charge in [0.05, 0.1) is 11.0 Å². The van der Waals surface area contributed by atoms with Crippen LogP contribution >= 0.6 is 0 Å². The molecule has 1 saturated heterocycles. The average Bonchev–Trinajstić information content (AvgIpc) is 2.89. The molecular weight excluding hydrogens is 286 g/mol. The van der Waals surface area contributed by atoms with E-state index in [1.807, 2.05) is 11.8 Å². The highest BCUT2D eigenvalue weighted by molar-refractivity contribution is 5.77. The number of amides is 1. The molecule has 0 N–H and O–H groups in total. The maximum atomic E-state index is 11.9. The number of nitrogens with zero attached hydrogens (tertiary/aromatic N) is 3. The maximum Gasteiger partial charge on any atom is 0.222 e.